The monoisotopic (exact) mass is 506 g/mol. The van der Waals surface area contributed by atoms with Crippen molar-refractivity contribution in [2.45, 2.75) is 54.5 Å². The van der Waals surface area contributed by atoms with Crippen LogP contribution in [0.5, 0.6) is 5.75 Å². The molecule has 1 amide bonds. The Hall–Kier alpha value is -4.12. The lowest BCUT2D eigenvalue weighted by Gasteiger charge is -2.30. The van der Waals surface area contributed by atoms with Gasteiger partial charge in [0.25, 0.3) is 5.91 Å². The van der Waals surface area contributed by atoms with Crippen LogP contribution in [0.25, 0.3) is 10.9 Å². The molecule has 0 spiro atoms. The largest absolute Gasteiger partial charge is 0.508 e. The summed E-state index contributed by atoms with van der Waals surface area (Å²) in [4.78, 5) is 52.4. The molecule has 2 aromatic carbocycles. The number of rotatable bonds is 5. The second kappa shape index (κ2) is 13.8. The van der Waals surface area contributed by atoms with Crippen LogP contribution in [0.4, 0.5) is 0 Å². The average molecular weight is 507 g/mol. The summed E-state index contributed by atoms with van der Waals surface area (Å²) in [6.45, 7) is 14.3. The number of aromatic hydroxyl groups is 1. The number of hydrogen-bond acceptors (Lipinski definition) is 7. The lowest BCUT2D eigenvalue weighted by molar-refractivity contribution is -0.193. The van der Waals surface area contributed by atoms with E-state index in [4.69, 9.17) is 19.2 Å². The first-order valence-electron chi connectivity index (χ1n) is 11.7. The summed E-state index contributed by atoms with van der Waals surface area (Å²) in [5.41, 5.74) is 3.71. The molecule has 0 saturated heterocycles. The molecule has 0 bridgehead atoms. The van der Waals surface area contributed by atoms with Gasteiger partial charge in [0.05, 0.1) is 5.52 Å². The lowest BCUT2D eigenvalue weighted by Crippen LogP contribution is -2.37. The molecule has 0 aliphatic carbocycles. The molecular weight excluding hydrogens is 472 g/mol. The van der Waals surface area contributed by atoms with E-state index < -0.39 is 0 Å². The molecule has 196 valence electrons. The summed E-state index contributed by atoms with van der Waals surface area (Å²) in [5, 5.41) is 10.5. The number of phenolic OH excluding ortho intramolecular Hbond substituents is 1. The molecule has 1 aromatic heterocycles. The fourth-order valence-electron chi connectivity index (χ4n) is 3.84. The van der Waals surface area contributed by atoms with Crippen LogP contribution in [0.2, 0.25) is 0 Å². The van der Waals surface area contributed by atoms with Gasteiger partial charge in [0.1, 0.15) is 11.4 Å². The highest BCUT2D eigenvalue weighted by Crippen LogP contribution is 2.24. The average Bonchev–Trinajstić information content (AvgIpc) is 2.77. The van der Waals surface area contributed by atoms with Crippen molar-refractivity contribution in [1.29, 1.82) is 0 Å². The van der Waals surface area contributed by atoms with Gasteiger partial charge in [-0.3, -0.25) is 4.79 Å². The Bertz CT molecular complexity index is 1250. The third-order valence-electron chi connectivity index (χ3n) is 4.94. The van der Waals surface area contributed by atoms with Crippen LogP contribution in [0, 0.1) is 10.8 Å². The van der Waals surface area contributed by atoms with Crippen LogP contribution in [0.3, 0.4) is 0 Å². The van der Waals surface area contributed by atoms with Gasteiger partial charge < -0.3 is 10.0 Å². The second-order valence-corrected chi connectivity index (χ2v) is 11.0. The summed E-state index contributed by atoms with van der Waals surface area (Å²) in [6.07, 6.45) is 1.49. The van der Waals surface area contributed by atoms with Crippen molar-refractivity contribution < 1.29 is 29.1 Å². The Kier molecular flexibility index (Phi) is 11.6. The number of fused-ring (bicyclic) bond motifs is 1. The maximum absolute atomic E-state index is 13.5. The SMILES string of the molecule is CC(C)(C)Cc1cccc(CN(CC(C)(C)C)C(=O)c2ccc3cc(O)ccc3n2)c1.O=C=O.O=C=O. The summed E-state index contributed by atoms with van der Waals surface area (Å²) in [6, 6.07) is 17.1. The maximum atomic E-state index is 13.5. The Balaban J connectivity index is 0.00000104. The van der Waals surface area contributed by atoms with Crippen molar-refractivity contribution in [3.63, 3.8) is 0 Å². The molecule has 1 N–H and O–H groups in total. The Morgan fingerprint density at radius 2 is 1.43 bits per heavy atom. The van der Waals surface area contributed by atoms with E-state index in [0.717, 1.165) is 17.4 Å². The number of hydrogen-bond donors (Lipinski definition) is 1. The second-order valence-electron chi connectivity index (χ2n) is 11.0. The van der Waals surface area contributed by atoms with E-state index in [9.17, 15) is 9.90 Å². The molecule has 0 radical (unpaired) electrons. The Morgan fingerprint density at radius 3 is 2.00 bits per heavy atom. The molecule has 1 heterocycles. The van der Waals surface area contributed by atoms with Crippen LogP contribution in [-0.4, -0.2) is 39.7 Å². The lowest BCUT2D eigenvalue weighted by atomic mass is 9.87. The van der Waals surface area contributed by atoms with Crippen molar-refractivity contribution >= 4 is 29.1 Å². The van der Waals surface area contributed by atoms with E-state index in [1.807, 2.05) is 11.0 Å². The van der Waals surface area contributed by atoms with Gasteiger partial charge in [-0.15, -0.1) is 0 Å². The van der Waals surface area contributed by atoms with Crippen molar-refractivity contribution in [3.8, 4) is 5.75 Å². The molecule has 0 unspecified atom stereocenters. The van der Waals surface area contributed by atoms with E-state index >= 15 is 0 Å². The molecular formula is C29H34N2O6. The van der Waals surface area contributed by atoms with Gasteiger partial charge in [0.15, 0.2) is 0 Å². The minimum absolute atomic E-state index is 0.0404. The van der Waals surface area contributed by atoms with Crippen molar-refractivity contribution in [1.82, 2.24) is 9.88 Å². The standard InChI is InChI=1S/C27H34N2O2.2CO2/c1-26(2,3)16-19-8-7-9-20(14-19)17-29(18-27(4,5)6)25(31)24-12-10-21-15-22(30)11-13-23(21)28-24;2*2-1-3/h7-15,30H,16-18H2,1-6H3;;. The van der Waals surface area contributed by atoms with Gasteiger partial charge in [-0.1, -0.05) is 71.9 Å². The number of carbonyl (C=O) groups excluding carboxylic acids is 5. The molecule has 0 atom stereocenters. The summed E-state index contributed by atoms with van der Waals surface area (Å²) in [7, 11) is 0. The molecule has 37 heavy (non-hydrogen) atoms. The van der Waals surface area contributed by atoms with Crippen LogP contribution < -0.4 is 0 Å². The number of pyridine rings is 1. The third kappa shape index (κ3) is 11.4. The first-order chi connectivity index (χ1) is 17.2. The topological polar surface area (TPSA) is 122 Å². The smallest absolute Gasteiger partial charge is 0.373 e. The van der Waals surface area contributed by atoms with E-state index in [1.165, 1.54) is 5.56 Å². The molecule has 0 fully saturated rings. The number of aromatic nitrogens is 1. The Morgan fingerprint density at radius 1 is 0.838 bits per heavy atom. The van der Waals surface area contributed by atoms with Gasteiger partial charge in [-0.25, -0.2) is 4.98 Å². The van der Waals surface area contributed by atoms with Gasteiger partial charge in [-0.05, 0) is 52.6 Å². The molecule has 0 aliphatic rings. The fraction of sp³-hybridized carbons (Fsp3) is 0.379. The van der Waals surface area contributed by atoms with Crippen LogP contribution >= 0.6 is 0 Å². The van der Waals surface area contributed by atoms with Crippen molar-refractivity contribution in [2.24, 2.45) is 10.8 Å². The minimum atomic E-state index is -0.0777. The van der Waals surface area contributed by atoms with E-state index in [2.05, 4.69) is 70.8 Å². The van der Waals surface area contributed by atoms with E-state index in [0.29, 0.717) is 24.3 Å². The highest BCUT2D eigenvalue weighted by molar-refractivity contribution is 5.95. The summed E-state index contributed by atoms with van der Waals surface area (Å²) in [5.74, 6) is 0.115. The normalized spacial score (nSPS) is 10.6. The molecule has 8 nitrogen and oxygen atoms in total. The summed E-state index contributed by atoms with van der Waals surface area (Å²) >= 11 is 0. The number of carbonyl (C=O) groups is 1. The number of amides is 1. The van der Waals surface area contributed by atoms with E-state index in [1.54, 1.807) is 24.3 Å². The van der Waals surface area contributed by atoms with Gasteiger partial charge in [-0.2, -0.15) is 19.2 Å². The molecule has 3 rings (SSSR count). The zero-order valence-electron chi connectivity index (χ0n) is 22.2. The zero-order chi connectivity index (χ0) is 28.2. The van der Waals surface area contributed by atoms with Gasteiger partial charge >= 0.3 is 12.3 Å². The highest BCUT2D eigenvalue weighted by Gasteiger charge is 2.24. The highest BCUT2D eigenvalue weighted by atomic mass is 16.3. The molecule has 0 saturated carbocycles. The molecule has 8 heteroatoms. The van der Waals surface area contributed by atoms with Gasteiger partial charge in [0.2, 0.25) is 0 Å². The van der Waals surface area contributed by atoms with Gasteiger partial charge in [0, 0.05) is 18.5 Å². The maximum Gasteiger partial charge on any atom is 0.373 e. The molecule has 0 aliphatic heterocycles. The van der Waals surface area contributed by atoms with Crippen LogP contribution in [0.15, 0.2) is 54.6 Å². The first kappa shape index (κ1) is 30.9. The van der Waals surface area contributed by atoms with Crippen LogP contribution in [0.1, 0.15) is 63.2 Å². The fourth-order valence-corrected chi connectivity index (χ4v) is 3.84. The Labute approximate surface area is 217 Å². The predicted octanol–water partition coefficient (Wildman–Crippen LogP) is 5.05. The number of benzene rings is 2. The van der Waals surface area contributed by atoms with Crippen molar-refractivity contribution in [3.05, 3.63) is 71.4 Å². The first-order valence-corrected chi connectivity index (χ1v) is 11.7. The van der Waals surface area contributed by atoms with E-state index in [-0.39, 0.29) is 34.8 Å². The quantitative estimate of drug-likeness (QED) is 0.514. The number of phenols is 1. The summed E-state index contributed by atoms with van der Waals surface area (Å²) < 4.78 is 0. The zero-order valence-corrected chi connectivity index (χ0v) is 22.2. The minimum Gasteiger partial charge on any atom is -0.508 e. The number of nitrogens with zero attached hydrogens (tertiary/aromatic N) is 2. The third-order valence-corrected chi connectivity index (χ3v) is 4.94. The molecule has 3 aromatic rings. The van der Waals surface area contributed by atoms with Crippen molar-refractivity contribution in [2.75, 3.05) is 6.54 Å². The predicted molar refractivity (Wildman–Crippen MR) is 137 cm³/mol. The van der Waals surface area contributed by atoms with Crippen LogP contribution in [-0.2, 0) is 32.1 Å².